The number of rotatable bonds is 7. The normalized spacial score (nSPS) is 10.2. The Hall–Kier alpha value is -2.11. The van der Waals surface area contributed by atoms with E-state index in [1.54, 1.807) is 31.4 Å². The molecule has 0 unspecified atom stereocenters. The van der Waals surface area contributed by atoms with Crippen molar-refractivity contribution in [2.45, 2.75) is 0 Å². The van der Waals surface area contributed by atoms with Crippen LogP contribution in [0.5, 0.6) is 17.4 Å². The Bertz CT molecular complexity index is 601. The van der Waals surface area contributed by atoms with Crippen LogP contribution in [0.15, 0.2) is 42.6 Å². The molecule has 2 rings (SSSR count). The van der Waals surface area contributed by atoms with E-state index in [0.717, 1.165) is 0 Å². The van der Waals surface area contributed by atoms with Crippen molar-refractivity contribution in [2.24, 2.45) is 0 Å². The van der Waals surface area contributed by atoms with Gasteiger partial charge in [-0.15, -0.1) is 0 Å². The maximum atomic E-state index is 10.9. The molecule has 110 valence electrons. The maximum absolute atomic E-state index is 10.9. The van der Waals surface area contributed by atoms with Crippen molar-refractivity contribution in [3.8, 4) is 17.4 Å². The number of benzene rings is 1. The molecule has 0 bridgehead atoms. The Morgan fingerprint density at radius 3 is 2.67 bits per heavy atom. The molecule has 0 fully saturated rings. The molecule has 1 aromatic heterocycles. The van der Waals surface area contributed by atoms with E-state index in [2.05, 4.69) is 4.98 Å². The van der Waals surface area contributed by atoms with Gasteiger partial charge in [-0.05, 0) is 29.8 Å². The van der Waals surface area contributed by atoms with Crippen LogP contribution in [0.1, 0.15) is 10.4 Å². The molecule has 2 aromatic rings. The van der Waals surface area contributed by atoms with Crippen molar-refractivity contribution >= 4 is 16.8 Å². The van der Waals surface area contributed by atoms with Gasteiger partial charge in [0.2, 0.25) is 5.88 Å². The van der Waals surface area contributed by atoms with Gasteiger partial charge in [0, 0.05) is 25.4 Å². The van der Waals surface area contributed by atoms with Gasteiger partial charge >= 0.3 is 0 Å². The fourth-order valence-electron chi connectivity index (χ4n) is 1.55. The summed E-state index contributed by atoms with van der Waals surface area (Å²) >= 11 is 5.35. The number of carbonyl (C=O) groups excluding carboxylic acids is 1. The summed E-state index contributed by atoms with van der Waals surface area (Å²) in [5, 5.41) is -0.553. The number of aromatic nitrogens is 1. The molecule has 5 nitrogen and oxygen atoms in total. The third-order valence-corrected chi connectivity index (χ3v) is 2.77. The number of nitrogens with zero attached hydrogens (tertiary/aromatic N) is 1. The van der Waals surface area contributed by atoms with E-state index in [1.165, 1.54) is 6.20 Å². The smallest absolute Gasteiger partial charge is 0.253 e. The molecule has 0 saturated carbocycles. The molecule has 21 heavy (non-hydrogen) atoms. The molecular weight excluding hydrogens is 294 g/mol. The van der Waals surface area contributed by atoms with Crippen LogP contribution in [0.3, 0.4) is 0 Å². The molecule has 0 atom stereocenters. The second-order valence-electron chi connectivity index (χ2n) is 4.08. The van der Waals surface area contributed by atoms with E-state index in [1.807, 2.05) is 12.1 Å². The first-order valence-electron chi connectivity index (χ1n) is 6.24. The molecule has 0 saturated heterocycles. The largest absolute Gasteiger partial charge is 0.491 e. The summed E-state index contributed by atoms with van der Waals surface area (Å²) in [6.07, 6.45) is 1.36. The molecule has 0 radical (unpaired) electrons. The Balaban J connectivity index is 2.01. The van der Waals surface area contributed by atoms with Crippen LogP contribution in [0.25, 0.3) is 0 Å². The summed E-state index contributed by atoms with van der Waals surface area (Å²) in [6, 6.07) is 10.3. The molecule has 6 heteroatoms. The molecule has 1 aromatic carbocycles. The van der Waals surface area contributed by atoms with Crippen molar-refractivity contribution in [3.05, 3.63) is 48.2 Å². The Kier molecular flexibility index (Phi) is 5.54. The second kappa shape index (κ2) is 7.61. The third-order valence-electron chi connectivity index (χ3n) is 2.55. The molecule has 0 aliphatic rings. The molecule has 0 aliphatic heterocycles. The zero-order valence-corrected chi connectivity index (χ0v) is 12.2. The first kappa shape index (κ1) is 15.3. The van der Waals surface area contributed by atoms with Gasteiger partial charge in [0.25, 0.3) is 5.24 Å². The van der Waals surface area contributed by atoms with E-state index in [9.17, 15) is 4.79 Å². The molecule has 0 aliphatic carbocycles. The minimum Gasteiger partial charge on any atom is -0.491 e. The first-order valence-corrected chi connectivity index (χ1v) is 6.62. The Labute approximate surface area is 127 Å². The van der Waals surface area contributed by atoms with Crippen molar-refractivity contribution in [1.82, 2.24) is 4.98 Å². The maximum Gasteiger partial charge on any atom is 0.253 e. The zero-order valence-electron chi connectivity index (χ0n) is 11.4. The van der Waals surface area contributed by atoms with Crippen LogP contribution in [-0.4, -0.2) is 30.5 Å². The SMILES string of the molecule is COCCOc1cccc(Oc2ccc(C(=O)Cl)cn2)c1. The van der Waals surface area contributed by atoms with Crippen LogP contribution in [0.2, 0.25) is 0 Å². The highest BCUT2D eigenvalue weighted by Crippen LogP contribution is 2.24. The summed E-state index contributed by atoms with van der Waals surface area (Å²) in [5.41, 5.74) is 0.320. The van der Waals surface area contributed by atoms with E-state index < -0.39 is 5.24 Å². The zero-order chi connectivity index (χ0) is 15.1. The van der Waals surface area contributed by atoms with E-state index in [-0.39, 0.29) is 0 Å². The predicted molar refractivity (Wildman–Crippen MR) is 78.3 cm³/mol. The average molecular weight is 308 g/mol. The minimum absolute atomic E-state index is 0.320. The third kappa shape index (κ3) is 4.73. The highest BCUT2D eigenvalue weighted by Gasteiger charge is 2.04. The van der Waals surface area contributed by atoms with Crippen LogP contribution in [-0.2, 0) is 4.74 Å². The lowest BCUT2D eigenvalue weighted by atomic mass is 10.3. The monoisotopic (exact) mass is 307 g/mol. The minimum atomic E-state index is -0.553. The molecular formula is C15H14ClNO4. The van der Waals surface area contributed by atoms with Gasteiger partial charge in [0.15, 0.2) is 0 Å². The topological polar surface area (TPSA) is 57.7 Å². The quantitative estimate of drug-likeness (QED) is 0.580. The summed E-state index contributed by atoms with van der Waals surface area (Å²) in [4.78, 5) is 15.0. The van der Waals surface area contributed by atoms with Crippen LogP contribution < -0.4 is 9.47 Å². The lowest BCUT2D eigenvalue weighted by Gasteiger charge is -2.08. The molecule has 1 heterocycles. The lowest BCUT2D eigenvalue weighted by Crippen LogP contribution is -2.04. The number of hydrogen-bond donors (Lipinski definition) is 0. The fraction of sp³-hybridized carbons (Fsp3) is 0.200. The Morgan fingerprint density at radius 2 is 2.00 bits per heavy atom. The van der Waals surface area contributed by atoms with E-state index in [4.69, 9.17) is 25.8 Å². The summed E-state index contributed by atoms with van der Waals surface area (Å²) in [7, 11) is 1.61. The van der Waals surface area contributed by atoms with Crippen molar-refractivity contribution < 1.29 is 19.0 Å². The predicted octanol–water partition coefficient (Wildman–Crippen LogP) is 3.28. The number of carbonyl (C=O) groups is 1. The van der Waals surface area contributed by atoms with Gasteiger partial charge in [-0.2, -0.15) is 0 Å². The molecule has 0 N–H and O–H groups in total. The van der Waals surface area contributed by atoms with Gasteiger partial charge < -0.3 is 14.2 Å². The molecule has 0 spiro atoms. The second-order valence-corrected chi connectivity index (χ2v) is 4.42. The van der Waals surface area contributed by atoms with E-state index >= 15 is 0 Å². The van der Waals surface area contributed by atoms with Gasteiger partial charge in [0.05, 0.1) is 12.2 Å². The number of halogens is 1. The number of pyridine rings is 1. The Morgan fingerprint density at radius 1 is 1.19 bits per heavy atom. The van der Waals surface area contributed by atoms with E-state index in [0.29, 0.717) is 36.2 Å². The van der Waals surface area contributed by atoms with Gasteiger partial charge in [-0.1, -0.05) is 6.07 Å². The average Bonchev–Trinajstić information content (AvgIpc) is 2.48. The highest BCUT2D eigenvalue weighted by molar-refractivity contribution is 6.67. The number of ether oxygens (including phenoxy) is 3. The summed E-state index contributed by atoms with van der Waals surface area (Å²) in [5.74, 6) is 1.63. The number of hydrogen-bond acceptors (Lipinski definition) is 5. The summed E-state index contributed by atoms with van der Waals surface area (Å²) in [6.45, 7) is 0.977. The van der Waals surface area contributed by atoms with Gasteiger partial charge in [-0.3, -0.25) is 4.79 Å². The molecule has 0 amide bonds. The highest BCUT2D eigenvalue weighted by atomic mass is 35.5. The van der Waals surface area contributed by atoms with Crippen LogP contribution >= 0.6 is 11.6 Å². The van der Waals surface area contributed by atoms with Crippen molar-refractivity contribution in [1.29, 1.82) is 0 Å². The van der Waals surface area contributed by atoms with Crippen LogP contribution in [0.4, 0.5) is 0 Å². The number of methoxy groups -OCH3 is 1. The van der Waals surface area contributed by atoms with Gasteiger partial charge in [0.1, 0.15) is 18.1 Å². The van der Waals surface area contributed by atoms with Crippen molar-refractivity contribution in [3.63, 3.8) is 0 Å². The lowest BCUT2D eigenvalue weighted by molar-refractivity contribution is 0.108. The van der Waals surface area contributed by atoms with Crippen molar-refractivity contribution in [2.75, 3.05) is 20.3 Å². The van der Waals surface area contributed by atoms with Gasteiger partial charge in [-0.25, -0.2) is 4.98 Å². The first-order chi connectivity index (χ1) is 10.2. The standard InChI is InChI=1S/C15H14ClNO4/c1-19-7-8-20-12-3-2-4-13(9-12)21-14-6-5-11(10-17-14)15(16)18/h2-6,9-10H,7-8H2,1H3. The van der Waals surface area contributed by atoms with Crippen LogP contribution in [0, 0.1) is 0 Å². The summed E-state index contributed by atoms with van der Waals surface area (Å²) < 4.78 is 16.0. The fourth-order valence-corrected chi connectivity index (χ4v) is 1.66.